The van der Waals surface area contributed by atoms with Crippen LogP contribution in [0.15, 0.2) is 24.3 Å². The van der Waals surface area contributed by atoms with Gasteiger partial charge in [-0.2, -0.15) is 9.61 Å². The van der Waals surface area contributed by atoms with Crippen LogP contribution in [0.2, 0.25) is 0 Å². The second kappa shape index (κ2) is 7.58. The van der Waals surface area contributed by atoms with Gasteiger partial charge in [0.25, 0.3) is 0 Å². The third-order valence-electron chi connectivity index (χ3n) is 5.11. The van der Waals surface area contributed by atoms with Gasteiger partial charge >= 0.3 is 0 Å². The van der Waals surface area contributed by atoms with E-state index in [2.05, 4.69) is 42.4 Å². The van der Waals surface area contributed by atoms with Gasteiger partial charge in [0.2, 0.25) is 5.95 Å². The van der Waals surface area contributed by atoms with E-state index in [0.29, 0.717) is 5.92 Å². The minimum atomic E-state index is 0.635. The Bertz CT molecular complexity index is 1090. The lowest BCUT2D eigenvalue weighted by Crippen LogP contribution is -2.11. The van der Waals surface area contributed by atoms with Crippen LogP contribution < -0.4 is 5.32 Å². The highest BCUT2D eigenvalue weighted by atomic mass is 15.4. The maximum atomic E-state index is 4.84. The van der Waals surface area contributed by atoms with Gasteiger partial charge in [-0.05, 0) is 50.3 Å². The van der Waals surface area contributed by atoms with Crippen molar-refractivity contribution in [1.29, 1.82) is 0 Å². The van der Waals surface area contributed by atoms with Gasteiger partial charge in [0.05, 0.1) is 11.2 Å². The molecule has 2 N–H and O–H groups in total. The van der Waals surface area contributed by atoms with Gasteiger partial charge in [0.1, 0.15) is 0 Å². The highest BCUT2D eigenvalue weighted by molar-refractivity contribution is 5.92. The molecule has 146 valence electrons. The van der Waals surface area contributed by atoms with Crippen molar-refractivity contribution in [2.24, 2.45) is 5.92 Å². The standard InChI is InChI=1S/C21H27N7/c1-13(2)11-12-22-21-23-18-8-6-5-7-17(18)20-24-19(27-28(20)21)10-9-16-14(3)25-26-15(16)4/h5-8,13H,9-12H2,1-4H3,(H,22,23)(H,25,26). The summed E-state index contributed by atoms with van der Waals surface area (Å²) in [5, 5.41) is 16.6. The number of aromatic amines is 1. The Hall–Kier alpha value is -2.96. The molecule has 1 aromatic carbocycles. The number of para-hydroxylation sites is 1. The summed E-state index contributed by atoms with van der Waals surface area (Å²) in [6.45, 7) is 9.39. The zero-order valence-corrected chi connectivity index (χ0v) is 17.0. The molecule has 0 saturated carbocycles. The molecule has 4 aromatic rings. The number of fused-ring (bicyclic) bond motifs is 3. The van der Waals surface area contributed by atoms with Gasteiger partial charge in [-0.3, -0.25) is 5.10 Å². The number of nitrogens with one attached hydrogen (secondary N) is 2. The third-order valence-corrected chi connectivity index (χ3v) is 5.11. The fourth-order valence-electron chi connectivity index (χ4n) is 3.47. The molecule has 0 fully saturated rings. The largest absolute Gasteiger partial charge is 0.354 e. The van der Waals surface area contributed by atoms with Crippen LogP contribution in [-0.4, -0.2) is 36.3 Å². The second-order valence-electron chi connectivity index (χ2n) is 7.74. The molecule has 0 bridgehead atoms. The molecule has 0 aliphatic rings. The number of hydrogen-bond donors (Lipinski definition) is 2. The first-order valence-electron chi connectivity index (χ1n) is 9.91. The van der Waals surface area contributed by atoms with Gasteiger partial charge in [0, 0.05) is 24.0 Å². The number of aryl methyl sites for hydroxylation is 3. The predicted octanol–water partition coefficient (Wildman–Crippen LogP) is 3.86. The van der Waals surface area contributed by atoms with Crippen molar-refractivity contribution >= 4 is 22.5 Å². The highest BCUT2D eigenvalue weighted by Gasteiger charge is 2.14. The topological polar surface area (TPSA) is 83.8 Å². The fourth-order valence-corrected chi connectivity index (χ4v) is 3.47. The summed E-state index contributed by atoms with van der Waals surface area (Å²) in [6, 6.07) is 8.10. The van der Waals surface area contributed by atoms with Crippen molar-refractivity contribution in [2.75, 3.05) is 11.9 Å². The average Bonchev–Trinajstić information content (AvgIpc) is 3.24. The maximum absolute atomic E-state index is 4.84. The Kier molecular flexibility index (Phi) is 4.98. The lowest BCUT2D eigenvalue weighted by atomic mass is 10.1. The summed E-state index contributed by atoms with van der Waals surface area (Å²) in [4.78, 5) is 9.63. The van der Waals surface area contributed by atoms with E-state index in [1.807, 2.05) is 29.6 Å². The van der Waals surface area contributed by atoms with E-state index in [4.69, 9.17) is 15.1 Å². The van der Waals surface area contributed by atoms with Gasteiger partial charge in [-0.25, -0.2) is 9.97 Å². The van der Waals surface area contributed by atoms with E-state index in [1.165, 1.54) is 5.56 Å². The lowest BCUT2D eigenvalue weighted by Gasteiger charge is -2.10. The Morgan fingerprint density at radius 1 is 1.11 bits per heavy atom. The van der Waals surface area contributed by atoms with E-state index in [0.717, 1.165) is 65.5 Å². The minimum absolute atomic E-state index is 0.635. The highest BCUT2D eigenvalue weighted by Crippen LogP contribution is 2.21. The zero-order valence-electron chi connectivity index (χ0n) is 17.0. The number of aromatic nitrogens is 6. The van der Waals surface area contributed by atoms with Crippen molar-refractivity contribution in [3.05, 3.63) is 47.0 Å². The van der Waals surface area contributed by atoms with E-state index in [-0.39, 0.29) is 0 Å². The minimum Gasteiger partial charge on any atom is -0.354 e. The van der Waals surface area contributed by atoms with Crippen molar-refractivity contribution in [3.63, 3.8) is 0 Å². The monoisotopic (exact) mass is 377 g/mol. The summed E-state index contributed by atoms with van der Waals surface area (Å²) in [5.74, 6) is 2.21. The average molecular weight is 377 g/mol. The second-order valence-corrected chi connectivity index (χ2v) is 7.74. The molecule has 0 aliphatic heterocycles. The summed E-state index contributed by atoms with van der Waals surface area (Å²) in [7, 11) is 0. The van der Waals surface area contributed by atoms with Crippen molar-refractivity contribution in [3.8, 4) is 0 Å². The van der Waals surface area contributed by atoms with E-state index < -0.39 is 0 Å². The lowest BCUT2D eigenvalue weighted by molar-refractivity contribution is 0.605. The van der Waals surface area contributed by atoms with Crippen molar-refractivity contribution in [1.82, 2.24) is 29.8 Å². The molecular formula is C21H27N7. The van der Waals surface area contributed by atoms with Crippen LogP contribution in [0.4, 0.5) is 5.95 Å². The third kappa shape index (κ3) is 3.56. The van der Waals surface area contributed by atoms with Gasteiger partial charge < -0.3 is 5.32 Å². The summed E-state index contributed by atoms with van der Waals surface area (Å²) in [6.07, 6.45) is 2.71. The van der Waals surface area contributed by atoms with Crippen LogP contribution in [0.5, 0.6) is 0 Å². The molecule has 4 rings (SSSR count). The Labute approximate surface area is 164 Å². The van der Waals surface area contributed by atoms with Crippen LogP contribution in [0.3, 0.4) is 0 Å². The number of benzene rings is 1. The Balaban J connectivity index is 1.68. The first-order valence-corrected chi connectivity index (χ1v) is 9.91. The van der Waals surface area contributed by atoms with Crippen LogP contribution >= 0.6 is 0 Å². The fraction of sp³-hybridized carbons (Fsp3) is 0.429. The van der Waals surface area contributed by atoms with E-state index >= 15 is 0 Å². The first kappa shape index (κ1) is 18.4. The number of anilines is 1. The Morgan fingerprint density at radius 2 is 1.93 bits per heavy atom. The van der Waals surface area contributed by atoms with Crippen LogP contribution in [0.25, 0.3) is 16.6 Å². The smallest absolute Gasteiger partial charge is 0.226 e. The molecule has 3 heterocycles. The molecular weight excluding hydrogens is 350 g/mol. The quantitative estimate of drug-likeness (QED) is 0.511. The normalized spacial score (nSPS) is 11.8. The maximum Gasteiger partial charge on any atom is 0.226 e. The summed E-state index contributed by atoms with van der Waals surface area (Å²) < 4.78 is 1.85. The van der Waals surface area contributed by atoms with E-state index in [9.17, 15) is 0 Å². The van der Waals surface area contributed by atoms with Crippen molar-refractivity contribution < 1.29 is 0 Å². The van der Waals surface area contributed by atoms with Gasteiger partial charge in [-0.15, -0.1) is 5.10 Å². The van der Waals surface area contributed by atoms with Crippen LogP contribution in [0.1, 0.15) is 43.0 Å². The molecule has 28 heavy (non-hydrogen) atoms. The van der Waals surface area contributed by atoms with Crippen LogP contribution in [-0.2, 0) is 12.8 Å². The first-order chi connectivity index (χ1) is 13.5. The zero-order chi connectivity index (χ0) is 19.7. The molecule has 0 aliphatic carbocycles. The number of nitrogens with zero attached hydrogens (tertiary/aromatic N) is 5. The molecule has 0 saturated heterocycles. The predicted molar refractivity (Wildman–Crippen MR) is 112 cm³/mol. The number of rotatable bonds is 7. The molecule has 7 heteroatoms. The molecule has 0 atom stereocenters. The van der Waals surface area contributed by atoms with Gasteiger partial charge in [0.15, 0.2) is 11.5 Å². The van der Waals surface area contributed by atoms with Crippen LogP contribution in [0, 0.1) is 19.8 Å². The molecule has 0 radical (unpaired) electrons. The van der Waals surface area contributed by atoms with Crippen molar-refractivity contribution in [2.45, 2.75) is 47.0 Å². The summed E-state index contributed by atoms with van der Waals surface area (Å²) in [5.41, 5.74) is 5.20. The molecule has 0 unspecified atom stereocenters. The van der Waals surface area contributed by atoms with Gasteiger partial charge in [-0.1, -0.05) is 26.0 Å². The molecule has 7 nitrogen and oxygen atoms in total. The molecule has 3 aromatic heterocycles. The number of H-pyrrole nitrogens is 1. The molecule has 0 spiro atoms. The van der Waals surface area contributed by atoms with E-state index in [1.54, 1.807) is 0 Å². The Morgan fingerprint density at radius 3 is 2.68 bits per heavy atom. The number of hydrogen-bond acceptors (Lipinski definition) is 5. The molecule has 0 amide bonds. The SMILES string of the molecule is Cc1n[nH]c(C)c1CCc1nc2c3ccccc3nc(NCCC(C)C)n2n1. The summed E-state index contributed by atoms with van der Waals surface area (Å²) >= 11 is 0.